The van der Waals surface area contributed by atoms with Crippen LogP contribution in [0.5, 0.6) is 0 Å². The molecule has 1 aromatic rings. The standard InChI is InChI=1S/C21H25Cl2NO4S/c22-16-10-11-20(19(23)12-16)29(27,28)24-13-18-15-8-6-14(7-9-15)17(18)4-2-1-3-5-21(25)26/h2,4,6,8,10-12,14-15,17-18,24H,1,3,5,7,9,13H2,(H,25,26)/b4-2-. The van der Waals surface area contributed by atoms with Crippen molar-refractivity contribution in [2.45, 2.75) is 37.0 Å². The number of unbranched alkanes of at least 4 members (excludes halogenated alkanes) is 1. The van der Waals surface area contributed by atoms with Gasteiger partial charge in [-0.2, -0.15) is 0 Å². The van der Waals surface area contributed by atoms with Gasteiger partial charge in [0, 0.05) is 18.0 Å². The highest BCUT2D eigenvalue weighted by atomic mass is 35.5. The second-order valence-corrected chi connectivity index (χ2v) is 10.3. The van der Waals surface area contributed by atoms with Crippen LogP contribution in [0, 0.1) is 23.7 Å². The summed E-state index contributed by atoms with van der Waals surface area (Å²) in [5.41, 5.74) is 0. The third-order valence-corrected chi connectivity index (χ3v) is 7.93. The molecular weight excluding hydrogens is 433 g/mol. The normalized spacial score (nSPS) is 26.3. The second kappa shape index (κ2) is 9.65. The maximum atomic E-state index is 12.8. The maximum Gasteiger partial charge on any atom is 0.303 e. The van der Waals surface area contributed by atoms with E-state index in [9.17, 15) is 13.2 Å². The molecule has 0 radical (unpaired) electrons. The van der Waals surface area contributed by atoms with Gasteiger partial charge >= 0.3 is 5.97 Å². The number of halogens is 2. The van der Waals surface area contributed by atoms with Gasteiger partial charge in [0.15, 0.2) is 0 Å². The van der Waals surface area contributed by atoms with Gasteiger partial charge in [0.05, 0.1) is 5.02 Å². The number of hydrogen-bond acceptors (Lipinski definition) is 3. The van der Waals surface area contributed by atoms with E-state index in [0.717, 1.165) is 12.8 Å². The first-order valence-electron chi connectivity index (χ1n) is 9.79. The van der Waals surface area contributed by atoms with E-state index in [0.29, 0.717) is 36.2 Å². The molecule has 8 heteroatoms. The highest BCUT2D eigenvalue weighted by Crippen LogP contribution is 2.45. The van der Waals surface area contributed by atoms with Crippen LogP contribution in [-0.2, 0) is 14.8 Å². The fourth-order valence-corrected chi connectivity index (χ4v) is 6.16. The summed E-state index contributed by atoms with van der Waals surface area (Å²) in [6.07, 6.45) is 12.3. The van der Waals surface area contributed by atoms with Gasteiger partial charge in [-0.1, -0.05) is 47.5 Å². The van der Waals surface area contributed by atoms with E-state index < -0.39 is 16.0 Å². The Bertz CT molecular complexity index is 913. The van der Waals surface area contributed by atoms with E-state index in [2.05, 4.69) is 23.0 Å². The topological polar surface area (TPSA) is 83.5 Å². The van der Waals surface area contributed by atoms with E-state index in [1.807, 2.05) is 6.08 Å². The summed E-state index contributed by atoms with van der Waals surface area (Å²) >= 11 is 11.9. The lowest BCUT2D eigenvalue weighted by Crippen LogP contribution is -2.42. The molecule has 4 atom stereocenters. The van der Waals surface area contributed by atoms with Crippen molar-refractivity contribution in [1.29, 1.82) is 0 Å². The number of carboxylic acid groups (broad SMARTS) is 1. The molecule has 1 aromatic carbocycles. The van der Waals surface area contributed by atoms with Gasteiger partial charge in [-0.15, -0.1) is 0 Å². The fourth-order valence-electron chi connectivity index (χ4n) is 4.32. The predicted molar refractivity (Wildman–Crippen MR) is 115 cm³/mol. The second-order valence-electron chi connectivity index (χ2n) is 7.67. The lowest BCUT2D eigenvalue weighted by molar-refractivity contribution is -0.137. The molecule has 29 heavy (non-hydrogen) atoms. The molecule has 4 unspecified atom stereocenters. The molecule has 0 aromatic heterocycles. The van der Waals surface area contributed by atoms with Crippen molar-refractivity contribution in [3.63, 3.8) is 0 Å². The van der Waals surface area contributed by atoms with Gasteiger partial charge in [0.2, 0.25) is 10.0 Å². The number of nitrogens with one attached hydrogen (secondary N) is 1. The van der Waals surface area contributed by atoms with Crippen molar-refractivity contribution in [2.75, 3.05) is 6.54 Å². The van der Waals surface area contributed by atoms with Crippen molar-refractivity contribution < 1.29 is 18.3 Å². The Morgan fingerprint density at radius 3 is 2.59 bits per heavy atom. The molecule has 1 fully saturated rings. The third-order valence-electron chi connectivity index (χ3n) is 5.79. The molecule has 0 heterocycles. The first-order valence-corrected chi connectivity index (χ1v) is 12.0. The Morgan fingerprint density at radius 2 is 1.93 bits per heavy atom. The van der Waals surface area contributed by atoms with Gasteiger partial charge in [0.1, 0.15) is 4.90 Å². The third kappa shape index (κ3) is 5.63. The Morgan fingerprint density at radius 1 is 1.21 bits per heavy atom. The van der Waals surface area contributed by atoms with E-state index in [1.54, 1.807) is 0 Å². The summed E-state index contributed by atoms with van der Waals surface area (Å²) in [6, 6.07) is 4.35. The van der Waals surface area contributed by atoms with Crippen LogP contribution in [0.2, 0.25) is 10.0 Å². The lowest BCUT2D eigenvalue weighted by atomic mass is 9.62. The highest BCUT2D eigenvalue weighted by Gasteiger charge is 2.39. The van der Waals surface area contributed by atoms with Crippen LogP contribution >= 0.6 is 23.2 Å². The molecule has 0 spiro atoms. The van der Waals surface area contributed by atoms with Gasteiger partial charge in [-0.05, 0) is 67.6 Å². The van der Waals surface area contributed by atoms with Crippen LogP contribution < -0.4 is 4.72 Å². The highest BCUT2D eigenvalue weighted by molar-refractivity contribution is 7.89. The fraction of sp³-hybridized carbons (Fsp3) is 0.476. The average Bonchev–Trinajstić information content (AvgIpc) is 2.67. The van der Waals surface area contributed by atoms with Gasteiger partial charge in [0.25, 0.3) is 0 Å². The number of benzene rings is 1. The molecule has 0 amide bonds. The molecule has 2 N–H and O–H groups in total. The van der Waals surface area contributed by atoms with E-state index in [4.69, 9.17) is 28.3 Å². The minimum absolute atomic E-state index is 0.0286. The summed E-state index contributed by atoms with van der Waals surface area (Å²) in [7, 11) is -3.74. The first kappa shape index (κ1) is 22.3. The Balaban J connectivity index is 1.68. The number of aliphatic carboxylic acids is 1. The number of carbonyl (C=O) groups is 1. The average molecular weight is 458 g/mol. The quantitative estimate of drug-likeness (QED) is 0.407. The van der Waals surface area contributed by atoms with Gasteiger partial charge in [-0.3, -0.25) is 4.79 Å². The number of fused-ring (bicyclic) bond motifs is 2. The minimum Gasteiger partial charge on any atom is -0.481 e. The maximum absolute atomic E-state index is 12.8. The summed E-state index contributed by atoms with van der Waals surface area (Å²) in [5, 5.41) is 9.24. The minimum atomic E-state index is -3.74. The molecule has 4 rings (SSSR count). The zero-order valence-electron chi connectivity index (χ0n) is 15.9. The molecule has 3 aliphatic rings. The van der Waals surface area contributed by atoms with Crippen molar-refractivity contribution in [2.24, 2.45) is 23.7 Å². The van der Waals surface area contributed by atoms with Crippen LogP contribution in [0.15, 0.2) is 47.4 Å². The number of hydrogen-bond donors (Lipinski definition) is 2. The number of sulfonamides is 1. The van der Waals surface area contributed by atoms with Crippen molar-refractivity contribution in [1.82, 2.24) is 4.72 Å². The summed E-state index contributed by atoms with van der Waals surface area (Å²) in [4.78, 5) is 10.7. The SMILES string of the molecule is O=C(O)CCC/C=C\C1C2C=CC(CC2)C1CNS(=O)(=O)c1ccc(Cl)cc1Cl. The molecular formula is C21H25Cl2NO4S. The molecule has 0 saturated heterocycles. The zero-order valence-corrected chi connectivity index (χ0v) is 18.3. The van der Waals surface area contributed by atoms with Crippen LogP contribution in [-0.4, -0.2) is 26.0 Å². The Hall–Kier alpha value is -1.34. The van der Waals surface area contributed by atoms with Crippen LogP contribution in [0.4, 0.5) is 0 Å². The smallest absolute Gasteiger partial charge is 0.303 e. The van der Waals surface area contributed by atoms with E-state index in [-0.39, 0.29) is 28.2 Å². The number of carboxylic acids is 1. The van der Waals surface area contributed by atoms with Crippen LogP contribution in [0.1, 0.15) is 32.1 Å². The monoisotopic (exact) mass is 457 g/mol. The predicted octanol–water partition coefficient (Wildman–Crippen LogP) is 4.91. The number of allylic oxidation sites excluding steroid dienone is 4. The van der Waals surface area contributed by atoms with Crippen LogP contribution in [0.25, 0.3) is 0 Å². The van der Waals surface area contributed by atoms with Crippen molar-refractivity contribution >= 4 is 39.2 Å². The Kier molecular flexibility index (Phi) is 7.43. The summed E-state index contributed by atoms with van der Waals surface area (Å²) in [5.74, 6) is 0.342. The van der Waals surface area contributed by atoms with Gasteiger partial charge < -0.3 is 5.11 Å². The van der Waals surface area contributed by atoms with Crippen LogP contribution in [0.3, 0.4) is 0 Å². The number of rotatable bonds is 9. The molecule has 0 aliphatic heterocycles. The lowest BCUT2D eigenvalue weighted by Gasteiger charge is -2.44. The van der Waals surface area contributed by atoms with Gasteiger partial charge in [-0.25, -0.2) is 13.1 Å². The first-order chi connectivity index (χ1) is 13.8. The summed E-state index contributed by atoms with van der Waals surface area (Å²) < 4.78 is 28.2. The molecule has 1 saturated carbocycles. The van der Waals surface area contributed by atoms with E-state index >= 15 is 0 Å². The van der Waals surface area contributed by atoms with Crippen molar-refractivity contribution in [3.05, 3.63) is 52.5 Å². The molecule has 158 valence electrons. The van der Waals surface area contributed by atoms with E-state index in [1.165, 1.54) is 18.2 Å². The summed E-state index contributed by atoms with van der Waals surface area (Å²) in [6.45, 7) is 0.330. The molecule has 5 nitrogen and oxygen atoms in total. The largest absolute Gasteiger partial charge is 0.481 e. The Labute approximate surface area is 181 Å². The molecule has 3 aliphatic carbocycles. The van der Waals surface area contributed by atoms with Crippen molar-refractivity contribution in [3.8, 4) is 0 Å². The molecule has 2 bridgehead atoms. The zero-order chi connectivity index (χ0) is 21.0.